The first-order chi connectivity index (χ1) is 17.4. The van der Waals surface area contributed by atoms with Crippen molar-refractivity contribution < 1.29 is 18.5 Å². The van der Waals surface area contributed by atoms with Crippen LogP contribution < -0.4 is 5.32 Å². The first-order valence-electron chi connectivity index (χ1n) is 13.8. The van der Waals surface area contributed by atoms with E-state index >= 15 is 0 Å². The lowest BCUT2D eigenvalue weighted by Crippen LogP contribution is -2.60. The number of amides is 2. The molecule has 1 saturated carbocycles. The van der Waals surface area contributed by atoms with Crippen LogP contribution in [0.15, 0.2) is 27.7 Å². The maximum atomic E-state index is 14.4. The maximum Gasteiger partial charge on any atom is 0.326 e. The second kappa shape index (κ2) is 9.82. The molecule has 0 bridgehead atoms. The summed E-state index contributed by atoms with van der Waals surface area (Å²) in [5, 5.41) is 13.3. The van der Waals surface area contributed by atoms with Crippen molar-refractivity contribution in [1.29, 1.82) is 4.78 Å². The molecule has 0 radical (unpaired) electrons. The van der Waals surface area contributed by atoms with Gasteiger partial charge in [-0.2, -0.15) is 0 Å². The number of rotatable bonds is 7. The van der Waals surface area contributed by atoms with Gasteiger partial charge in [-0.05, 0) is 87.2 Å². The Labute approximate surface area is 229 Å². The second-order valence-electron chi connectivity index (χ2n) is 13.2. The molecule has 0 aliphatic heterocycles. The fraction of sp³-hybridized carbons (Fsp3) is 0.621. The minimum atomic E-state index is -3.86. The standard InChI is InChI=1S/C29H45N3O4SSi/c1-19-24(29(5,6)34)18-25(36-19)37(30,35)32(38(7,8)28(2,3)4)27(33)31-26-22(17-20-11-9-12-20)16-15-21-13-10-14-23(21)26/h15-16,18,20,30,34H,9-14,17H2,1-8H3,(H,31,33). The van der Waals surface area contributed by atoms with E-state index in [1.54, 1.807) is 20.8 Å². The molecule has 3 N–H and O–H groups in total. The van der Waals surface area contributed by atoms with E-state index in [1.165, 1.54) is 40.4 Å². The van der Waals surface area contributed by atoms with Crippen molar-refractivity contribution in [3.8, 4) is 0 Å². The van der Waals surface area contributed by atoms with Gasteiger partial charge in [-0.25, -0.2) is 13.8 Å². The van der Waals surface area contributed by atoms with Crippen LogP contribution in [-0.2, 0) is 34.8 Å². The number of nitrogens with zero attached hydrogens (tertiary/aromatic N) is 1. The highest BCUT2D eigenvalue weighted by Gasteiger charge is 2.50. The van der Waals surface area contributed by atoms with Gasteiger partial charge in [-0.1, -0.05) is 52.2 Å². The third-order valence-corrected chi connectivity index (χ3v) is 17.4. The highest BCUT2D eigenvalue weighted by molar-refractivity contribution is 7.92. The number of benzene rings is 1. The van der Waals surface area contributed by atoms with E-state index in [9.17, 15) is 18.9 Å². The van der Waals surface area contributed by atoms with Gasteiger partial charge < -0.3 is 14.8 Å². The lowest BCUT2D eigenvalue weighted by molar-refractivity contribution is 0.0769. The summed E-state index contributed by atoms with van der Waals surface area (Å²) in [5.41, 5.74) is 3.66. The Balaban J connectivity index is 1.80. The molecule has 1 atom stereocenters. The van der Waals surface area contributed by atoms with E-state index < -0.39 is 29.8 Å². The van der Waals surface area contributed by atoms with Crippen LogP contribution in [0, 0.1) is 17.6 Å². The molecular weight excluding hydrogens is 514 g/mol. The molecule has 210 valence electrons. The summed E-state index contributed by atoms with van der Waals surface area (Å²) in [6.45, 7) is 15.0. The molecule has 1 heterocycles. The number of anilines is 1. The zero-order valence-corrected chi connectivity index (χ0v) is 26.1. The molecule has 9 heteroatoms. The molecule has 2 amide bonds. The van der Waals surface area contributed by atoms with Gasteiger partial charge in [0.15, 0.2) is 18.2 Å². The van der Waals surface area contributed by atoms with Crippen LogP contribution in [0.2, 0.25) is 18.1 Å². The van der Waals surface area contributed by atoms with Crippen LogP contribution >= 0.6 is 0 Å². The predicted molar refractivity (Wildman–Crippen MR) is 155 cm³/mol. The lowest BCUT2D eigenvalue weighted by atomic mass is 9.80. The average molecular weight is 560 g/mol. The first kappa shape index (κ1) is 28.9. The zero-order chi connectivity index (χ0) is 28.3. The molecule has 0 spiro atoms. The average Bonchev–Trinajstić information content (AvgIpc) is 3.37. The Kier molecular flexibility index (Phi) is 7.47. The predicted octanol–water partition coefficient (Wildman–Crippen LogP) is 7.51. The van der Waals surface area contributed by atoms with E-state index in [0.29, 0.717) is 17.2 Å². The van der Waals surface area contributed by atoms with Crippen molar-refractivity contribution in [3.05, 3.63) is 46.2 Å². The summed E-state index contributed by atoms with van der Waals surface area (Å²) in [6.07, 6.45) is 7.56. The number of hydrogen-bond donors (Lipinski definition) is 3. The first-order valence-corrected chi connectivity index (χ1v) is 18.3. The Morgan fingerprint density at radius 3 is 2.37 bits per heavy atom. The number of urea groups is 1. The van der Waals surface area contributed by atoms with Crippen molar-refractivity contribution in [1.82, 2.24) is 3.97 Å². The Bertz CT molecular complexity index is 1330. The molecule has 4 rings (SSSR count). The van der Waals surface area contributed by atoms with Gasteiger partial charge in [0.1, 0.15) is 5.76 Å². The summed E-state index contributed by atoms with van der Waals surface area (Å²) in [7, 11) is -6.72. The van der Waals surface area contributed by atoms with Crippen molar-refractivity contribution in [3.63, 3.8) is 0 Å². The number of nitrogens with one attached hydrogen (secondary N) is 2. The SMILES string of the molecule is Cc1oc(S(=N)(=O)N(C(=O)Nc2c(CC3CCC3)ccc3c2CCC3)[Si](C)(C)C(C)(C)C)cc1C(C)(C)O. The smallest absolute Gasteiger partial charge is 0.326 e. The third kappa shape index (κ3) is 5.21. The van der Waals surface area contributed by atoms with E-state index in [1.807, 2.05) is 33.9 Å². The van der Waals surface area contributed by atoms with E-state index in [2.05, 4.69) is 17.4 Å². The zero-order valence-electron chi connectivity index (χ0n) is 24.3. The summed E-state index contributed by atoms with van der Waals surface area (Å²) in [5.74, 6) is 1.03. The minimum Gasteiger partial charge on any atom is -0.449 e. The summed E-state index contributed by atoms with van der Waals surface area (Å²) in [4.78, 5) is 14.3. The van der Waals surface area contributed by atoms with Crippen molar-refractivity contribution in [2.24, 2.45) is 5.92 Å². The van der Waals surface area contributed by atoms with Crippen LogP contribution in [0.4, 0.5) is 10.5 Å². The van der Waals surface area contributed by atoms with Crippen LogP contribution in [0.3, 0.4) is 0 Å². The number of aliphatic hydroxyl groups is 1. The molecular formula is C29H45N3O4SSi. The van der Waals surface area contributed by atoms with Gasteiger partial charge in [-0.15, -0.1) is 0 Å². The van der Waals surface area contributed by atoms with Gasteiger partial charge in [0, 0.05) is 17.3 Å². The van der Waals surface area contributed by atoms with Crippen LogP contribution in [0.5, 0.6) is 0 Å². The molecule has 38 heavy (non-hydrogen) atoms. The molecule has 1 aromatic carbocycles. The fourth-order valence-electron chi connectivity index (χ4n) is 5.49. The van der Waals surface area contributed by atoms with Gasteiger partial charge >= 0.3 is 6.03 Å². The number of carbonyl (C=O) groups excluding carboxylic acids is 1. The fourth-order valence-corrected chi connectivity index (χ4v) is 11.3. The van der Waals surface area contributed by atoms with Crippen molar-refractivity contribution in [2.45, 2.75) is 115 Å². The van der Waals surface area contributed by atoms with Crippen LogP contribution in [0.25, 0.3) is 0 Å². The number of furan rings is 1. The monoisotopic (exact) mass is 559 g/mol. The van der Waals surface area contributed by atoms with Crippen LogP contribution in [0.1, 0.15) is 88.3 Å². The molecule has 7 nitrogen and oxygen atoms in total. The normalized spacial score (nSPS) is 18.0. The molecule has 2 aliphatic rings. The highest BCUT2D eigenvalue weighted by Crippen LogP contribution is 2.43. The van der Waals surface area contributed by atoms with Gasteiger partial charge in [-0.3, -0.25) is 3.97 Å². The summed E-state index contributed by atoms with van der Waals surface area (Å²) in [6, 6.07) is 5.33. The van der Waals surface area contributed by atoms with Crippen molar-refractivity contribution >= 4 is 29.9 Å². The Morgan fingerprint density at radius 1 is 1.18 bits per heavy atom. The molecule has 2 aliphatic carbocycles. The third-order valence-electron chi connectivity index (χ3n) is 8.95. The Morgan fingerprint density at radius 2 is 1.84 bits per heavy atom. The van der Waals surface area contributed by atoms with Gasteiger partial charge in [0.25, 0.3) is 0 Å². The lowest BCUT2D eigenvalue weighted by Gasteiger charge is -2.45. The van der Waals surface area contributed by atoms with E-state index in [4.69, 9.17) is 4.42 Å². The van der Waals surface area contributed by atoms with Crippen molar-refractivity contribution in [2.75, 3.05) is 5.32 Å². The second-order valence-corrected chi connectivity index (χ2v) is 20.5. The molecule has 0 saturated heterocycles. The number of fused-ring (bicyclic) bond motifs is 1. The highest BCUT2D eigenvalue weighted by atomic mass is 32.2. The van der Waals surface area contributed by atoms with E-state index in [-0.39, 0.29) is 10.1 Å². The summed E-state index contributed by atoms with van der Waals surface area (Å²) >= 11 is 0. The number of carbonyl (C=O) groups is 1. The van der Waals surface area contributed by atoms with E-state index in [0.717, 1.165) is 36.9 Å². The van der Waals surface area contributed by atoms with Gasteiger partial charge in [0.05, 0.1) is 5.60 Å². The van der Waals surface area contributed by atoms with Crippen LogP contribution in [-0.4, -0.2) is 27.6 Å². The number of aryl methyl sites for hydroxylation is 2. The summed E-state index contributed by atoms with van der Waals surface area (Å²) < 4.78 is 30.8. The minimum absolute atomic E-state index is 0.0971. The Hall–Kier alpha value is -2.10. The molecule has 1 aromatic heterocycles. The molecule has 2 aromatic rings. The van der Waals surface area contributed by atoms with Gasteiger partial charge in [0.2, 0.25) is 5.09 Å². The molecule has 1 unspecified atom stereocenters. The molecule has 1 fully saturated rings. The maximum absolute atomic E-state index is 14.4. The quantitative estimate of drug-likeness (QED) is 0.305. The number of hydrogen-bond acceptors (Lipinski definition) is 5. The topological polar surface area (TPSA) is 107 Å². The largest absolute Gasteiger partial charge is 0.449 e.